The van der Waals surface area contributed by atoms with Gasteiger partial charge in [0.2, 0.25) is 0 Å². The third kappa shape index (κ3) is 4.24. The highest BCUT2D eigenvalue weighted by molar-refractivity contribution is 5.94. The number of nitriles is 1. The second-order valence-corrected chi connectivity index (χ2v) is 5.15. The van der Waals surface area contributed by atoms with Crippen molar-refractivity contribution >= 4 is 5.91 Å². The van der Waals surface area contributed by atoms with Crippen molar-refractivity contribution in [3.8, 4) is 6.07 Å². The number of amides is 1. The number of rotatable bonds is 5. The van der Waals surface area contributed by atoms with Gasteiger partial charge < -0.3 is 5.32 Å². The Kier molecular flexibility index (Phi) is 5.37. The molecule has 1 N–H and O–H groups in total. The average molecular weight is 268 g/mol. The second kappa shape index (κ2) is 7.49. The Morgan fingerprint density at radius 3 is 2.70 bits per heavy atom. The number of hydrogen-bond acceptors (Lipinski definition) is 2. The zero-order valence-electron chi connectivity index (χ0n) is 11.7. The Bertz CT molecular complexity index is 523. The van der Waals surface area contributed by atoms with Gasteiger partial charge in [0.25, 0.3) is 5.91 Å². The molecule has 2 rings (SSSR count). The van der Waals surface area contributed by atoms with Crippen LogP contribution < -0.4 is 5.32 Å². The molecule has 0 atom stereocenters. The third-order valence-electron chi connectivity index (χ3n) is 3.62. The molecule has 1 aromatic rings. The summed E-state index contributed by atoms with van der Waals surface area (Å²) in [5, 5.41) is 11.6. The van der Waals surface area contributed by atoms with Crippen LogP contribution in [0.25, 0.3) is 0 Å². The van der Waals surface area contributed by atoms with E-state index < -0.39 is 0 Å². The van der Waals surface area contributed by atoms with Gasteiger partial charge in [-0.3, -0.25) is 4.79 Å². The fourth-order valence-electron chi connectivity index (χ4n) is 2.44. The summed E-state index contributed by atoms with van der Waals surface area (Å²) < 4.78 is 0. The number of nitrogens with one attached hydrogen (secondary N) is 1. The standard InChI is InChI=1S/C17H20N2O/c18-12-10-15-6-8-16(9-7-15)17(20)19-13-11-14-4-2-1-3-5-14/h4,6-9H,1-3,5,10-11,13H2,(H,19,20). The van der Waals surface area contributed by atoms with Crippen molar-refractivity contribution in [2.75, 3.05) is 6.54 Å². The van der Waals surface area contributed by atoms with Crippen LogP contribution in [0.1, 0.15) is 48.0 Å². The molecule has 0 saturated carbocycles. The number of carbonyl (C=O) groups is 1. The van der Waals surface area contributed by atoms with E-state index in [4.69, 9.17) is 5.26 Å². The molecule has 0 unspecified atom stereocenters. The molecule has 20 heavy (non-hydrogen) atoms. The van der Waals surface area contributed by atoms with E-state index in [9.17, 15) is 4.79 Å². The second-order valence-electron chi connectivity index (χ2n) is 5.15. The van der Waals surface area contributed by atoms with Gasteiger partial charge in [0.15, 0.2) is 0 Å². The molecule has 0 spiro atoms. The summed E-state index contributed by atoms with van der Waals surface area (Å²) in [5.41, 5.74) is 3.07. The van der Waals surface area contributed by atoms with Crippen molar-refractivity contribution in [2.45, 2.75) is 38.5 Å². The van der Waals surface area contributed by atoms with Crippen molar-refractivity contribution in [1.82, 2.24) is 5.32 Å². The molecule has 0 aliphatic heterocycles. The maximum atomic E-state index is 12.0. The van der Waals surface area contributed by atoms with Crippen molar-refractivity contribution < 1.29 is 4.79 Å². The predicted octanol–water partition coefficient (Wildman–Crippen LogP) is 3.37. The molecular weight excluding hydrogens is 248 g/mol. The molecule has 0 fully saturated rings. The van der Waals surface area contributed by atoms with Crippen LogP contribution in [0.4, 0.5) is 0 Å². The minimum atomic E-state index is -0.0371. The molecule has 3 nitrogen and oxygen atoms in total. The maximum absolute atomic E-state index is 12.0. The van der Waals surface area contributed by atoms with Crippen LogP contribution in [0.5, 0.6) is 0 Å². The van der Waals surface area contributed by atoms with Crippen molar-refractivity contribution in [2.24, 2.45) is 0 Å². The van der Waals surface area contributed by atoms with E-state index in [-0.39, 0.29) is 5.91 Å². The molecule has 3 heteroatoms. The minimum absolute atomic E-state index is 0.0371. The van der Waals surface area contributed by atoms with Gasteiger partial charge in [-0.05, 0) is 49.8 Å². The van der Waals surface area contributed by atoms with Crippen molar-refractivity contribution in [3.63, 3.8) is 0 Å². The first kappa shape index (κ1) is 14.3. The van der Waals surface area contributed by atoms with Crippen LogP contribution in [0.3, 0.4) is 0 Å². The van der Waals surface area contributed by atoms with Gasteiger partial charge in [-0.25, -0.2) is 0 Å². The molecule has 1 aliphatic rings. The molecular formula is C17H20N2O. The smallest absolute Gasteiger partial charge is 0.251 e. The molecule has 0 bridgehead atoms. The van der Waals surface area contributed by atoms with Gasteiger partial charge in [0, 0.05) is 12.1 Å². The number of nitrogens with zero attached hydrogens (tertiary/aromatic N) is 1. The van der Waals surface area contributed by atoms with Crippen LogP contribution in [0.2, 0.25) is 0 Å². The Balaban J connectivity index is 1.79. The lowest BCUT2D eigenvalue weighted by atomic mass is 9.97. The molecule has 1 amide bonds. The van der Waals surface area contributed by atoms with E-state index in [0.717, 1.165) is 12.0 Å². The lowest BCUT2D eigenvalue weighted by molar-refractivity contribution is 0.0954. The zero-order valence-corrected chi connectivity index (χ0v) is 11.7. The molecule has 104 valence electrons. The zero-order chi connectivity index (χ0) is 14.2. The third-order valence-corrected chi connectivity index (χ3v) is 3.62. The summed E-state index contributed by atoms with van der Waals surface area (Å²) in [6.07, 6.45) is 8.59. The molecule has 0 saturated heterocycles. The number of carbonyl (C=O) groups excluding carboxylic acids is 1. The Labute approximate surface area is 120 Å². The number of benzene rings is 1. The lowest BCUT2D eigenvalue weighted by Crippen LogP contribution is -2.24. The molecule has 1 aromatic carbocycles. The summed E-state index contributed by atoms with van der Waals surface area (Å²) in [6.45, 7) is 0.699. The fraction of sp³-hybridized carbons (Fsp3) is 0.412. The van der Waals surface area contributed by atoms with E-state index >= 15 is 0 Å². The molecule has 1 aliphatic carbocycles. The molecule has 0 aromatic heterocycles. The van der Waals surface area contributed by atoms with Crippen molar-refractivity contribution in [1.29, 1.82) is 5.26 Å². The largest absolute Gasteiger partial charge is 0.352 e. The van der Waals surface area contributed by atoms with Crippen LogP contribution in [0.15, 0.2) is 35.9 Å². The normalized spacial score (nSPS) is 14.2. The van der Waals surface area contributed by atoms with Crippen LogP contribution >= 0.6 is 0 Å². The maximum Gasteiger partial charge on any atom is 0.251 e. The Morgan fingerprint density at radius 1 is 1.25 bits per heavy atom. The monoisotopic (exact) mass is 268 g/mol. The lowest BCUT2D eigenvalue weighted by Gasteiger charge is -2.13. The van der Waals surface area contributed by atoms with Gasteiger partial charge >= 0.3 is 0 Å². The van der Waals surface area contributed by atoms with Crippen LogP contribution in [-0.2, 0) is 6.42 Å². The quantitative estimate of drug-likeness (QED) is 0.832. The summed E-state index contributed by atoms with van der Waals surface area (Å²) in [6, 6.07) is 9.33. The highest BCUT2D eigenvalue weighted by Crippen LogP contribution is 2.19. The summed E-state index contributed by atoms with van der Waals surface area (Å²) >= 11 is 0. The van der Waals surface area contributed by atoms with E-state index in [1.54, 1.807) is 12.1 Å². The first-order valence-corrected chi connectivity index (χ1v) is 7.21. The Hall–Kier alpha value is -2.08. The topological polar surface area (TPSA) is 52.9 Å². The van der Waals surface area contributed by atoms with Gasteiger partial charge in [-0.1, -0.05) is 23.8 Å². The highest BCUT2D eigenvalue weighted by atomic mass is 16.1. The SMILES string of the molecule is N#CCc1ccc(C(=O)NCCC2=CCCCC2)cc1. The first-order valence-electron chi connectivity index (χ1n) is 7.21. The van der Waals surface area contributed by atoms with Gasteiger partial charge in [-0.2, -0.15) is 5.26 Å². The molecule has 0 radical (unpaired) electrons. The van der Waals surface area contributed by atoms with Crippen LogP contribution in [0, 0.1) is 11.3 Å². The highest BCUT2D eigenvalue weighted by Gasteiger charge is 2.07. The summed E-state index contributed by atoms with van der Waals surface area (Å²) in [7, 11) is 0. The summed E-state index contributed by atoms with van der Waals surface area (Å²) in [5.74, 6) is -0.0371. The Morgan fingerprint density at radius 2 is 2.05 bits per heavy atom. The predicted molar refractivity (Wildman–Crippen MR) is 79.3 cm³/mol. The van der Waals surface area contributed by atoms with Gasteiger partial charge in [0.1, 0.15) is 0 Å². The van der Waals surface area contributed by atoms with Crippen molar-refractivity contribution in [3.05, 3.63) is 47.0 Å². The van der Waals surface area contributed by atoms with Gasteiger partial charge in [0.05, 0.1) is 12.5 Å². The number of allylic oxidation sites excluding steroid dienone is 1. The molecule has 0 heterocycles. The van der Waals surface area contributed by atoms with E-state index in [1.807, 2.05) is 12.1 Å². The first-order chi connectivity index (χ1) is 9.79. The van der Waals surface area contributed by atoms with E-state index in [0.29, 0.717) is 18.5 Å². The van der Waals surface area contributed by atoms with E-state index in [1.165, 1.54) is 31.3 Å². The van der Waals surface area contributed by atoms with Gasteiger partial charge in [-0.15, -0.1) is 0 Å². The minimum Gasteiger partial charge on any atom is -0.352 e. The van der Waals surface area contributed by atoms with E-state index in [2.05, 4.69) is 17.5 Å². The van der Waals surface area contributed by atoms with Crippen LogP contribution in [-0.4, -0.2) is 12.5 Å². The average Bonchev–Trinajstić information content (AvgIpc) is 2.49. The number of hydrogen-bond donors (Lipinski definition) is 1. The summed E-state index contributed by atoms with van der Waals surface area (Å²) in [4.78, 5) is 12.0. The fourth-order valence-corrected chi connectivity index (χ4v) is 2.44.